The molecule has 0 amide bonds. The van der Waals surface area contributed by atoms with Crippen LogP contribution < -0.4 is 0 Å². The lowest BCUT2D eigenvalue weighted by Crippen LogP contribution is -1.99. The quantitative estimate of drug-likeness (QED) is 0.217. The van der Waals surface area contributed by atoms with E-state index in [0.29, 0.717) is 16.5 Å². The minimum atomic E-state index is -1.55. The molecule has 0 radical (unpaired) electrons. The molecule has 0 aromatic heterocycles. The molecule has 4 aromatic carbocycles. The molecule has 170 valence electrons. The summed E-state index contributed by atoms with van der Waals surface area (Å²) in [7, 11) is 1.42. The molecule has 0 heterocycles. The van der Waals surface area contributed by atoms with Crippen molar-refractivity contribution in [3.63, 3.8) is 0 Å². The maximum atomic E-state index is 15.1. The van der Waals surface area contributed by atoms with Gasteiger partial charge in [-0.15, -0.1) is 0 Å². The van der Waals surface area contributed by atoms with Gasteiger partial charge in [-0.05, 0) is 70.8 Å². The highest BCUT2D eigenvalue weighted by Gasteiger charge is 2.16. The number of hydrogen-bond donors (Lipinski definition) is 0. The van der Waals surface area contributed by atoms with E-state index in [1.165, 1.54) is 43.5 Å². The van der Waals surface area contributed by atoms with Crippen LogP contribution in [0.4, 0.5) is 26.3 Å². The zero-order valence-corrected chi connectivity index (χ0v) is 17.5. The van der Waals surface area contributed by atoms with E-state index < -0.39 is 34.9 Å². The number of halogens is 6. The Morgan fingerprint density at radius 3 is 1.91 bits per heavy atom. The average Bonchev–Trinajstić information content (AvgIpc) is 2.76. The smallest absolute Gasteiger partial charge is 0.194 e. The first-order chi connectivity index (χ1) is 15.8. The number of hydrogen-bond acceptors (Lipinski definition) is 1. The van der Waals surface area contributed by atoms with Crippen LogP contribution in [0.1, 0.15) is 16.7 Å². The minimum Gasteiger partial charge on any atom is -0.380 e. The van der Waals surface area contributed by atoms with Gasteiger partial charge in [0.2, 0.25) is 0 Å². The van der Waals surface area contributed by atoms with Crippen LogP contribution in [0, 0.1) is 34.9 Å². The maximum absolute atomic E-state index is 15.1. The van der Waals surface area contributed by atoms with E-state index in [4.69, 9.17) is 4.74 Å². The third-order valence-corrected chi connectivity index (χ3v) is 5.46. The van der Waals surface area contributed by atoms with Gasteiger partial charge < -0.3 is 4.74 Å². The summed E-state index contributed by atoms with van der Waals surface area (Å²) in [6.07, 6.45) is 0.219. The van der Waals surface area contributed by atoms with Gasteiger partial charge in [-0.1, -0.05) is 24.3 Å². The number of benzene rings is 4. The fourth-order valence-electron chi connectivity index (χ4n) is 3.87. The third kappa shape index (κ3) is 4.59. The van der Waals surface area contributed by atoms with Gasteiger partial charge >= 0.3 is 0 Å². The molecule has 4 aromatic rings. The summed E-state index contributed by atoms with van der Waals surface area (Å²) in [6, 6.07) is 11.6. The van der Waals surface area contributed by atoms with Crippen molar-refractivity contribution >= 4 is 10.8 Å². The summed E-state index contributed by atoms with van der Waals surface area (Å²) in [5.74, 6) is -6.20. The van der Waals surface area contributed by atoms with Gasteiger partial charge in [-0.2, -0.15) is 0 Å². The highest BCUT2D eigenvalue weighted by Crippen LogP contribution is 2.32. The second-order valence-electron chi connectivity index (χ2n) is 7.72. The topological polar surface area (TPSA) is 9.23 Å². The number of rotatable bonds is 6. The summed E-state index contributed by atoms with van der Waals surface area (Å²) in [6.45, 7) is 0.0665. The van der Waals surface area contributed by atoms with Crippen molar-refractivity contribution in [3.05, 3.63) is 106 Å². The highest BCUT2D eigenvalue weighted by atomic mass is 19.2. The van der Waals surface area contributed by atoms with Crippen LogP contribution >= 0.6 is 0 Å². The van der Waals surface area contributed by atoms with Gasteiger partial charge in [-0.25, -0.2) is 26.3 Å². The summed E-state index contributed by atoms with van der Waals surface area (Å²) in [5, 5.41) is 0.678. The molecule has 0 saturated heterocycles. The Labute approximate surface area is 186 Å². The first kappa shape index (κ1) is 22.9. The molecular formula is C26H18F6O. The number of fused-ring (bicyclic) bond motifs is 1. The predicted octanol–water partition coefficient (Wildman–Crippen LogP) is 7.27. The largest absolute Gasteiger partial charge is 0.380 e. The van der Waals surface area contributed by atoms with Gasteiger partial charge in [0.1, 0.15) is 17.5 Å². The molecule has 4 rings (SSSR count). The van der Waals surface area contributed by atoms with Gasteiger partial charge in [0, 0.05) is 12.5 Å². The monoisotopic (exact) mass is 460 g/mol. The van der Waals surface area contributed by atoms with Crippen LogP contribution in [0.15, 0.2) is 54.6 Å². The lowest BCUT2D eigenvalue weighted by atomic mass is 9.96. The van der Waals surface area contributed by atoms with Crippen LogP contribution in [-0.4, -0.2) is 7.11 Å². The van der Waals surface area contributed by atoms with Crippen LogP contribution in [0.2, 0.25) is 0 Å². The van der Waals surface area contributed by atoms with Crippen molar-refractivity contribution in [1.29, 1.82) is 0 Å². The number of ether oxygens (including phenoxy) is 1. The summed E-state index contributed by atoms with van der Waals surface area (Å²) < 4.78 is 89.0. The van der Waals surface area contributed by atoms with Crippen molar-refractivity contribution < 1.29 is 31.1 Å². The summed E-state index contributed by atoms with van der Waals surface area (Å²) >= 11 is 0. The highest BCUT2D eigenvalue weighted by molar-refractivity contribution is 5.88. The predicted molar refractivity (Wildman–Crippen MR) is 114 cm³/mol. The Balaban J connectivity index is 1.63. The molecule has 0 unspecified atom stereocenters. The molecule has 0 fully saturated rings. The maximum Gasteiger partial charge on any atom is 0.194 e. The Bertz CT molecular complexity index is 1300. The van der Waals surface area contributed by atoms with Crippen molar-refractivity contribution in [1.82, 2.24) is 0 Å². The molecule has 0 N–H and O–H groups in total. The van der Waals surface area contributed by atoms with E-state index in [0.717, 1.165) is 12.1 Å². The van der Waals surface area contributed by atoms with Crippen molar-refractivity contribution in [2.45, 2.75) is 19.4 Å². The molecule has 1 nitrogen and oxygen atoms in total. The van der Waals surface area contributed by atoms with E-state index >= 15 is 4.39 Å². The standard InChI is InChI=1S/C26H18F6O/c1-33-13-15-10-20(27)24(21(28)11-15)18-6-7-19-17(12-18)5-4-16(25(19)31)3-2-14-8-22(29)26(32)23(30)9-14/h4-12H,2-3,13H2,1H3. The molecule has 0 bridgehead atoms. The molecule has 0 aliphatic heterocycles. The second-order valence-corrected chi connectivity index (χ2v) is 7.72. The Morgan fingerprint density at radius 1 is 0.636 bits per heavy atom. The van der Waals surface area contributed by atoms with Crippen molar-refractivity contribution in [3.8, 4) is 11.1 Å². The van der Waals surface area contributed by atoms with Gasteiger partial charge in [-0.3, -0.25) is 0 Å². The van der Waals surface area contributed by atoms with Crippen molar-refractivity contribution in [2.75, 3.05) is 7.11 Å². The molecule has 33 heavy (non-hydrogen) atoms. The lowest BCUT2D eigenvalue weighted by molar-refractivity contribution is 0.184. The fourth-order valence-corrected chi connectivity index (χ4v) is 3.87. The third-order valence-electron chi connectivity index (χ3n) is 5.46. The molecule has 0 aliphatic carbocycles. The van der Waals surface area contributed by atoms with Gasteiger partial charge in [0.15, 0.2) is 17.5 Å². The van der Waals surface area contributed by atoms with Crippen LogP contribution in [0.5, 0.6) is 0 Å². The molecule has 7 heteroatoms. The Hall–Kier alpha value is -3.32. The normalized spacial score (nSPS) is 11.4. The van der Waals surface area contributed by atoms with E-state index in [2.05, 4.69) is 0 Å². The minimum absolute atomic E-state index is 0.0665. The Kier molecular flexibility index (Phi) is 6.42. The Morgan fingerprint density at radius 2 is 1.27 bits per heavy atom. The molecule has 0 saturated carbocycles. The average molecular weight is 460 g/mol. The van der Waals surface area contributed by atoms with Crippen molar-refractivity contribution in [2.24, 2.45) is 0 Å². The fraction of sp³-hybridized carbons (Fsp3) is 0.154. The zero-order valence-electron chi connectivity index (χ0n) is 17.5. The zero-order chi connectivity index (χ0) is 23.7. The second kappa shape index (κ2) is 9.27. The van der Waals surface area contributed by atoms with Crippen LogP contribution in [-0.2, 0) is 24.2 Å². The molecule has 0 aliphatic rings. The summed E-state index contributed by atoms with van der Waals surface area (Å²) in [4.78, 5) is 0. The molecular weight excluding hydrogens is 442 g/mol. The van der Waals surface area contributed by atoms with E-state index in [-0.39, 0.29) is 41.5 Å². The first-order valence-corrected chi connectivity index (χ1v) is 10.1. The van der Waals surface area contributed by atoms with Crippen LogP contribution in [0.3, 0.4) is 0 Å². The first-order valence-electron chi connectivity index (χ1n) is 10.1. The molecule has 0 atom stereocenters. The van der Waals surface area contributed by atoms with Gasteiger partial charge in [0.05, 0.1) is 12.2 Å². The SMILES string of the molecule is COCc1cc(F)c(-c2ccc3c(F)c(CCc4cc(F)c(F)c(F)c4)ccc3c2)c(F)c1. The van der Waals surface area contributed by atoms with Crippen LogP contribution in [0.25, 0.3) is 21.9 Å². The summed E-state index contributed by atoms with van der Waals surface area (Å²) in [5.41, 5.74) is 0.881. The van der Waals surface area contributed by atoms with E-state index in [9.17, 15) is 22.0 Å². The van der Waals surface area contributed by atoms with E-state index in [1.807, 2.05) is 0 Å². The van der Waals surface area contributed by atoms with E-state index in [1.54, 1.807) is 6.07 Å². The molecule has 0 spiro atoms. The number of aryl methyl sites for hydroxylation is 2. The lowest BCUT2D eigenvalue weighted by Gasteiger charge is -2.11. The number of methoxy groups -OCH3 is 1. The van der Waals surface area contributed by atoms with Gasteiger partial charge in [0.25, 0.3) is 0 Å².